The summed E-state index contributed by atoms with van der Waals surface area (Å²) in [7, 11) is 0. The highest BCUT2D eigenvalue weighted by Gasteiger charge is 2.22. The van der Waals surface area contributed by atoms with Gasteiger partial charge in [-0.05, 0) is 72.6 Å². The number of aromatic nitrogens is 1. The fourth-order valence-corrected chi connectivity index (χ4v) is 5.29. The molecule has 0 unspecified atom stereocenters. The Morgan fingerprint density at radius 2 is 1.73 bits per heavy atom. The van der Waals surface area contributed by atoms with E-state index in [0.29, 0.717) is 12.1 Å². The van der Waals surface area contributed by atoms with Gasteiger partial charge in [0, 0.05) is 23.7 Å². The van der Waals surface area contributed by atoms with E-state index in [1.54, 1.807) is 18.0 Å². The van der Waals surface area contributed by atoms with Gasteiger partial charge in [0.05, 0.1) is 22.5 Å². The molecule has 1 fully saturated rings. The van der Waals surface area contributed by atoms with Crippen LogP contribution in [0.25, 0.3) is 0 Å². The van der Waals surface area contributed by atoms with Gasteiger partial charge in [0.25, 0.3) is 0 Å². The zero-order valence-electron chi connectivity index (χ0n) is 20.2. The lowest BCUT2D eigenvalue weighted by molar-refractivity contribution is 0.00689. The largest absolute Gasteiger partial charge is 0.456 e. The zero-order valence-corrected chi connectivity index (χ0v) is 21.8. The molecule has 2 aromatic rings. The number of thiazole rings is 1. The number of benzene rings is 1. The van der Waals surface area contributed by atoms with E-state index in [1.165, 1.54) is 11.3 Å². The second kappa shape index (κ2) is 10.3. The fourth-order valence-electron chi connectivity index (χ4n) is 3.26. The van der Waals surface area contributed by atoms with Crippen molar-refractivity contribution in [2.75, 3.05) is 18.0 Å². The van der Waals surface area contributed by atoms with E-state index < -0.39 is 17.3 Å². The third kappa shape index (κ3) is 8.23. The number of nitrogens with zero attached hydrogens (tertiary/aromatic N) is 2. The number of hydrogen-bond donors (Lipinski definition) is 1. The molecule has 0 bridgehead atoms. The molecule has 0 spiro atoms. The van der Waals surface area contributed by atoms with Crippen LogP contribution in [-0.4, -0.2) is 41.3 Å². The average molecular weight is 492 g/mol. The van der Waals surface area contributed by atoms with E-state index in [-0.39, 0.29) is 5.97 Å². The number of carbonyl (C=O) groups excluding carboxylic acids is 2. The molecule has 1 aliphatic rings. The highest BCUT2D eigenvalue weighted by molar-refractivity contribution is 8.01. The monoisotopic (exact) mass is 491 g/mol. The Morgan fingerprint density at radius 3 is 2.36 bits per heavy atom. The normalized spacial score (nSPS) is 14.3. The molecule has 1 N–H and O–H groups in total. The van der Waals surface area contributed by atoms with Crippen LogP contribution in [0.15, 0.2) is 33.5 Å². The van der Waals surface area contributed by atoms with Crippen molar-refractivity contribution in [1.29, 1.82) is 0 Å². The molecule has 0 atom stereocenters. The molecule has 9 heteroatoms. The molecule has 1 saturated heterocycles. The van der Waals surface area contributed by atoms with Gasteiger partial charge in [0.2, 0.25) is 0 Å². The van der Waals surface area contributed by atoms with Crippen LogP contribution in [0, 0.1) is 0 Å². The summed E-state index contributed by atoms with van der Waals surface area (Å²) in [6.07, 6.45) is 3.63. The number of esters is 1. The maximum absolute atomic E-state index is 12.8. The average Bonchev–Trinajstić information content (AvgIpc) is 3.35. The van der Waals surface area contributed by atoms with Crippen LogP contribution in [0.2, 0.25) is 0 Å². The summed E-state index contributed by atoms with van der Waals surface area (Å²) < 4.78 is 11.9. The lowest BCUT2D eigenvalue weighted by Gasteiger charge is -2.22. The molecule has 3 rings (SSSR count). The van der Waals surface area contributed by atoms with Gasteiger partial charge in [-0.25, -0.2) is 14.6 Å². The minimum absolute atomic E-state index is 0.303. The molecule has 1 aromatic heterocycles. The molecule has 1 aliphatic heterocycles. The Labute approximate surface area is 204 Å². The predicted octanol–water partition coefficient (Wildman–Crippen LogP) is 5.87. The van der Waals surface area contributed by atoms with Crippen molar-refractivity contribution >= 4 is 40.8 Å². The first-order valence-corrected chi connectivity index (χ1v) is 12.7. The van der Waals surface area contributed by atoms with Gasteiger partial charge in [-0.3, -0.25) is 0 Å². The SMILES string of the molecule is CC(C)(C)OC(=O)NCc1ncc(Sc2cc(C(=O)OC(C)(C)C)cc(N3CCCC3)c2)s1. The molecule has 2 heterocycles. The summed E-state index contributed by atoms with van der Waals surface area (Å²) in [5.41, 5.74) is 0.491. The lowest BCUT2D eigenvalue weighted by atomic mass is 10.1. The van der Waals surface area contributed by atoms with Crippen LogP contribution >= 0.6 is 23.1 Å². The fraction of sp³-hybridized carbons (Fsp3) is 0.542. The molecular weight excluding hydrogens is 458 g/mol. The number of ether oxygens (including phenoxy) is 2. The van der Waals surface area contributed by atoms with E-state index in [1.807, 2.05) is 53.7 Å². The summed E-state index contributed by atoms with van der Waals surface area (Å²) in [5.74, 6) is -0.322. The maximum atomic E-state index is 12.8. The quantitative estimate of drug-likeness (QED) is 0.506. The summed E-state index contributed by atoms with van der Waals surface area (Å²) in [6.45, 7) is 13.4. The molecule has 180 valence electrons. The van der Waals surface area contributed by atoms with Gasteiger partial charge in [-0.15, -0.1) is 11.3 Å². The van der Waals surface area contributed by atoms with E-state index in [9.17, 15) is 9.59 Å². The molecule has 0 aliphatic carbocycles. The highest BCUT2D eigenvalue weighted by Crippen LogP contribution is 2.36. The number of amides is 1. The molecule has 7 nitrogen and oxygen atoms in total. The van der Waals surface area contributed by atoms with E-state index in [4.69, 9.17) is 9.47 Å². The number of alkyl carbamates (subject to hydrolysis) is 1. The summed E-state index contributed by atoms with van der Waals surface area (Å²) >= 11 is 3.05. The Balaban J connectivity index is 1.73. The van der Waals surface area contributed by atoms with Crippen LogP contribution in [0.3, 0.4) is 0 Å². The Bertz CT molecular complexity index is 986. The van der Waals surface area contributed by atoms with Crippen molar-refractivity contribution in [3.8, 4) is 0 Å². The van der Waals surface area contributed by atoms with E-state index in [2.05, 4.69) is 21.3 Å². The summed E-state index contributed by atoms with van der Waals surface area (Å²) in [6, 6.07) is 5.91. The van der Waals surface area contributed by atoms with Crippen LogP contribution in [-0.2, 0) is 16.0 Å². The molecule has 33 heavy (non-hydrogen) atoms. The van der Waals surface area contributed by atoms with Crippen LogP contribution in [0.5, 0.6) is 0 Å². The van der Waals surface area contributed by atoms with Gasteiger partial charge in [0.15, 0.2) is 0 Å². The smallest absolute Gasteiger partial charge is 0.408 e. The molecule has 0 saturated carbocycles. The summed E-state index contributed by atoms with van der Waals surface area (Å²) in [5, 5.41) is 3.52. The first kappa shape index (κ1) is 25.4. The van der Waals surface area contributed by atoms with Gasteiger partial charge in [-0.1, -0.05) is 11.8 Å². The van der Waals surface area contributed by atoms with Crippen molar-refractivity contribution < 1.29 is 19.1 Å². The van der Waals surface area contributed by atoms with E-state index >= 15 is 0 Å². The van der Waals surface area contributed by atoms with Crippen molar-refractivity contribution in [2.24, 2.45) is 0 Å². The van der Waals surface area contributed by atoms with Crippen molar-refractivity contribution in [3.05, 3.63) is 35.0 Å². The van der Waals surface area contributed by atoms with Gasteiger partial charge in [0.1, 0.15) is 16.2 Å². The maximum Gasteiger partial charge on any atom is 0.408 e. The second-order valence-corrected chi connectivity index (χ2v) is 12.4. The molecule has 1 aromatic carbocycles. The van der Waals surface area contributed by atoms with E-state index in [0.717, 1.165) is 45.7 Å². The predicted molar refractivity (Wildman–Crippen MR) is 132 cm³/mol. The molecular formula is C24H33N3O4S2. The number of rotatable bonds is 6. The van der Waals surface area contributed by atoms with Crippen molar-refractivity contribution in [3.63, 3.8) is 0 Å². The van der Waals surface area contributed by atoms with Crippen molar-refractivity contribution in [1.82, 2.24) is 10.3 Å². The standard InChI is InChI=1S/C24H33N3O4S2/c1-23(2,3)30-21(28)16-11-17(27-9-7-8-10-27)13-18(12-16)32-20-15-25-19(33-20)14-26-22(29)31-24(4,5)6/h11-13,15H,7-10,14H2,1-6H3,(H,26,29). The number of anilines is 1. The lowest BCUT2D eigenvalue weighted by Crippen LogP contribution is -2.32. The minimum atomic E-state index is -0.554. The second-order valence-electron chi connectivity index (χ2n) is 9.94. The number of carbonyl (C=O) groups is 2. The van der Waals surface area contributed by atoms with Crippen molar-refractivity contribution in [2.45, 2.75) is 81.2 Å². The van der Waals surface area contributed by atoms with Crippen LogP contribution < -0.4 is 10.2 Å². The molecule has 0 radical (unpaired) electrons. The Morgan fingerprint density at radius 1 is 1.06 bits per heavy atom. The Hall–Kier alpha value is -2.26. The zero-order chi connectivity index (χ0) is 24.2. The molecule has 1 amide bonds. The van der Waals surface area contributed by atoms with Crippen LogP contribution in [0.1, 0.15) is 69.7 Å². The number of nitrogens with one attached hydrogen (secondary N) is 1. The Kier molecular flexibility index (Phi) is 7.95. The number of hydrogen-bond acceptors (Lipinski definition) is 8. The first-order valence-electron chi connectivity index (χ1n) is 11.1. The topological polar surface area (TPSA) is 80.8 Å². The van der Waals surface area contributed by atoms with Gasteiger partial charge in [-0.2, -0.15) is 0 Å². The third-order valence-electron chi connectivity index (χ3n) is 4.53. The first-order chi connectivity index (χ1) is 15.4. The minimum Gasteiger partial charge on any atom is -0.456 e. The van der Waals surface area contributed by atoms with Gasteiger partial charge >= 0.3 is 12.1 Å². The van der Waals surface area contributed by atoms with Gasteiger partial charge < -0.3 is 19.7 Å². The summed E-state index contributed by atoms with van der Waals surface area (Å²) in [4.78, 5) is 32.3. The van der Waals surface area contributed by atoms with Crippen LogP contribution in [0.4, 0.5) is 10.5 Å². The third-order valence-corrected chi connectivity index (χ3v) is 6.60. The highest BCUT2D eigenvalue weighted by atomic mass is 32.2.